The highest BCUT2D eigenvalue weighted by Crippen LogP contribution is 2.32. The fourth-order valence-corrected chi connectivity index (χ4v) is 1.73. The second-order valence-electron chi connectivity index (χ2n) is 4.44. The Kier molecular flexibility index (Phi) is 2.57. The zero-order valence-corrected chi connectivity index (χ0v) is 8.13. The molecule has 2 atom stereocenters. The molecule has 1 rings (SSSR count). The Morgan fingerprint density at radius 3 is 2.58 bits per heavy atom. The van der Waals surface area contributed by atoms with E-state index in [0.29, 0.717) is 24.7 Å². The molecule has 0 bridgehead atoms. The highest BCUT2D eigenvalue weighted by Gasteiger charge is 2.37. The summed E-state index contributed by atoms with van der Waals surface area (Å²) < 4.78 is 0. The Balaban J connectivity index is 2.58. The fourth-order valence-electron chi connectivity index (χ4n) is 1.73. The third-order valence-corrected chi connectivity index (χ3v) is 2.99. The molecule has 70 valence electrons. The Morgan fingerprint density at radius 1 is 1.58 bits per heavy atom. The molecule has 1 aliphatic rings. The number of hydrogen-bond donors (Lipinski definition) is 1. The molecule has 2 nitrogen and oxygen atoms in total. The average Bonchev–Trinajstić information content (AvgIpc) is 1.94. The standard InChI is InChI=1S/C10H18O2/c1-7(2)8-4-5-10(3,12)9(11)6-8/h7-8,12H,4-6H2,1-3H3/t8-,10?/m1/s1. The van der Waals surface area contributed by atoms with E-state index in [1.165, 1.54) is 0 Å². The van der Waals surface area contributed by atoms with Gasteiger partial charge in [0, 0.05) is 6.42 Å². The van der Waals surface area contributed by atoms with E-state index in [1.807, 2.05) is 0 Å². The third-order valence-electron chi connectivity index (χ3n) is 2.99. The van der Waals surface area contributed by atoms with Crippen LogP contribution in [0.2, 0.25) is 0 Å². The number of Topliss-reactive ketones (excluding diaryl/α,β-unsaturated/α-hetero) is 1. The van der Waals surface area contributed by atoms with Gasteiger partial charge in [-0.1, -0.05) is 13.8 Å². The molecule has 0 aliphatic heterocycles. The molecule has 2 heteroatoms. The molecule has 1 unspecified atom stereocenters. The van der Waals surface area contributed by atoms with Crippen LogP contribution < -0.4 is 0 Å². The van der Waals surface area contributed by atoms with Gasteiger partial charge in [-0.2, -0.15) is 0 Å². The van der Waals surface area contributed by atoms with Gasteiger partial charge in [0.15, 0.2) is 5.78 Å². The van der Waals surface area contributed by atoms with Gasteiger partial charge in [0.2, 0.25) is 0 Å². The minimum Gasteiger partial charge on any atom is -0.382 e. The SMILES string of the molecule is CC(C)[C@@H]1CCC(C)(O)C(=O)C1. The molecule has 1 aliphatic carbocycles. The first-order chi connectivity index (χ1) is 5.43. The molecule has 0 aromatic heterocycles. The van der Waals surface area contributed by atoms with E-state index in [1.54, 1.807) is 6.92 Å². The quantitative estimate of drug-likeness (QED) is 0.651. The van der Waals surface area contributed by atoms with Gasteiger partial charge in [0.05, 0.1) is 0 Å². The molecule has 1 fully saturated rings. The predicted octanol–water partition coefficient (Wildman–Crippen LogP) is 1.76. The van der Waals surface area contributed by atoms with E-state index in [2.05, 4.69) is 13.8 Å². The zero-order valence-electron chi connectivity index (χ0n) is 8.13. The topological polar surface area (TPSA) is 37.3 Å². The summed E-state index contributed by atoms with van der Waals surface area (Å²) in [5.74, 6) is 1.07. The first-order valence-electron chi connectivity index (χ1n) is 4.69. The summed E-state index contributed by atoms with van der Waals surface area (Å²) in [4.78, 5) is 11.4. The fraction of sp³-hybridized carbons (Fsp3) is 0.900. The second kappa shape index (κ2) is 3.17. The first-order valence-corrected chi connectivity index (χ1v) is 4.69. The molecule has 0 radical (unpaired) electrons. The van der Waals surface area contributed by atoms with Gasteiger partial charge in [0.25, 0.3) is 0 Å². The number of carbonyl (C=O) groups excluding carboxylic acids is 1. The van der Waals surface area contributed by atoms with Crippen molar-refractivity contribution in [3.05, 3.63) is 0 Å². The lowest BCUT2D eigenvalue weighted by Gasteiger charge is -2.33. The maximum absolute atomic E-state index is 11.4. The molecule has 0 aromatic rings. The van der Waals surface area contributed by atoms with Crippen molar-refractivity contribution in [2.24, 2.45) is 11.8 Å². The smallest absolute Gasteiger partial charge is 0.164 e. The zero-order chi connectivity index (χ0) is 9.35. The second-order valence-corrected chi connectivity index (χ2v) is 4.44. The number of rotatable bonds is 1. The molecular formula is C10H18O2. The summed E-state index contributed by atoms with van der Waals surface area (Å²) in [6.45, 7) is 5.90. The van der Waals surface area contributed by atoms with E-state index in [-0.39, 0.29) is 5.78 Å². The van der Waals surface area contributed by atoms with Crippen LogP contribution >= 0.6 is 0 Å². The van der Waals surface area contributed by atoms with Crippen LogP contribution in [0.5, 0.6) is 0 Å². The maximum atomic E-state index is 11.4. The molecule has 0 heterocycles. The van der Waals surface area contributed by atoms with Crippen molar-refractivity contribution in [2.75, 3.05) is 0 Å². The van der Waals surface area contributed by atoms with Gasteiger partial charge in [-0.25, -0.2) is 0 Å². The van der Waals surface area contributed by atoms with Gasteiger partial charge < -0.3 is 5.11 Å². The van der Waals surface area contributed by atoms with Gasteiger partial charge >= 0.3 is 0 Å². The van der Waals surface area contributed by atoms with Crippen molar-refractivity contribution in [3.8, 4) is 0 Å². The van der Waals surface area contributed by atoms with Crippen LogP contribution in [0.4, 0.5) is 0 Å². The Morgan fingerprint density at radius 2 is 2.17 bits per heavy atom. The molecule has 1 saturated carbocycles. The molecule has 0 amide bonds. The van der Waals surface area contributed by atoms with Crippen molar-refractivity contribution >= 4 is 5.78 Å². The minimum atomic E-state index is -1.04. The van der Waals surface area contributed by atoms with E-state index in [4.69, 9.17) is 0 Å². The van der Waals surface area contributed by atoms with Crippen LogP contribution in [0.1, 0.15) is 40.0 Å². The van der Waals surface area contributed by atoms with Gasteiger partial charge in [-0.15, -0.1) is 0 Å². The molecule has 0 spiro atoms. The third kappa shape index (κ3) is 1.86. The number of aliphatic hydroxyl groups is 1. The van der Waals surface area contributed by atoms with Gasteiger partial charge in [-0.3, -0.25) is 4.79 Å². The lowest BCUT2D eigenvalue weighted by atomic mass is 9.74. The lowest BCUT2D eigenvalue weighted by Crippen LogP contribution is -2.41. The van der Waals surface area contributed by atoms with Crippen molar-refractivity contribution in [3.63, 3.8) is 0 Å². The summed E-state index contributed by atoms with van der Waals surface area (Å²) >= 11 is 0. The van der Waals surface area contributed by atoms with Crippen LogP contribution in [0, 0.1) is 11.8 Å². The molecule has 12 heavy (non-hydrogen) atoms. The Labute approximate surface area is 74.0 Å². The maximum Gasteiger partial charge on any atom is 0.164 e. The van der Waals surface area contributed by atoms with Crippen LogP contribution in [-0.2, 0) is 4.79 Å². The van der Waals surface area contributed by atoms with Gasteiger partial charge in [0.1, 0.15) is 5.60 Å². The van der Waals surface area contributed by atoms with Crippen molar-refractivity contribution in [1.82, 2.24) is 0 Å². The summed E-state index contributed by atoms with van der Waals surface area (Å²) in [7, 11) is 0. The molecule has 0 saturated heterocycles. The summed E-state index contributed by atoms with van der Waals surface area (Å²) in [5.41, 5.74) is -1.04. The molecular weight excluding hydrogens is 152 g/mol. The lowest BCUT2D eigenvalue weighted by molar-refractivity contribution is -0.141. The number of ketones is 1. The molecule has 1 N–H and O–H groups in total. The number of hydrogen-bond acceptors (Lipinski definition) is 2. The first kappa shape index (κ1) is 9.72. The number of carbonyl (C=O) groups is 1. The predicted molar refractivity (Wildman–Crippen MR) is 47.8 cm³/mol. The van der Waals surface area contributed by atoms with E-state index in [9.17, 15) is 9.90 Å². The van der Waals surface area contributed by atoms with E-state index < -0.39 is 5.60 Å². The van der Waals surface area contributed by atoms with Crippen molar-refractivity contribution in [1.29, 1.82) is 0 Å². The normalized spacial score (nSPS) is 37.4. The van der Waals surface area contributed by atoms with Crippen molar-refractivity contribution in [2.45, 2.75) is 45.6 Å². The Bertz CT molecular complexity index is 182. The van der Waals surface area contributed by atoms with Crippen LogP contribution in [0.15, 0.2) is 0 Å². The summed E-state index contributed by atoms with van der Waals surface area (Å²) in [6.07, 6.45) is 2.18. The van der Waals surface area contributed by atoms with E-state index in [0.717, 1.165) is 6.42 Å². The monoisotopic (exact) mass is 170 g/mol. The summed E-state index contributed by atoms with van der Waals surface area (Å²) in [5, 5.41) is 9.59. The van der Waals surface area contributed by atoms with Crippen molar-refractivity contribution < 1.29 is 9.90 Å². The highest BCUT2D eigenvalue weighted by atomic mass is 16.3. The van der Waals surface area contributed by atoms with Crippen LogP contribution in [0.25, 0.3) is 0 Å². The summed E-state index contributed by atoms with van der Waals surface area (Å²) in [6, 6.07) is 0. The van der Waals surface area contributed by atoms with Crippen LogP contribution in [-0.4, -0.2) is 16.5 Å². The largest absolute Gasteiger partial charge is 0.382 e. The van der Waals surface area contributed by atoms with E-state index >= 15 is 0 Å². The van der Waals surface area contributed by atoms with Gasteiger partial charge in [-0.05, 0) is 31.6 Å². The highest BCUT2D eigenvalue weighted by molar-refractivity contribution is 5.87. The Hall–Kier alpha value is -0.370. The average molecular weight is 170 g/mol. The van der Waals surface area contributed by atoms with Crippen LogP contribution in [0.3, 0.4) is 0 Å². The minimum absolute atomic E-state index is 0.0208. The molecule has 0 aromatic carbocycles.